The molecule has 0 unspecified atom stereocenters. The third-order valence-corrected chi connectivity index (χ3v) is 17.2. The summed E-state index contributed by atoms with van der Waals surface area (Å²) in [7, 11) is -10.9. The van der Waals surface area contributed by atoms with Gasteiger partial charge in [-0.1, -0.05) is 111 Å². The average molecular weight is 1060 g/mol. The molecule has 0 saturated heterocycles. The summed E-state index contributed by atoms with van der Waals surface area (Å²) in [6.07, 6.45) is 0. The second kappa shape index (κ2) is 27.7. The lowest BCUT2D eigenvalue weighted by atomic mass is 10.3. The Hall–Kier alpha value is -0.990. The molecule has 3 N–H and O–H groups in total. The van der Waals surface area contributed by atoms with Crippen molar-refractivity contribution in [3.8, 4) is 0 Å². The Morgan fingerprint density at radius 1 is 0.397 bits per heavy atom. The van der Waals surface area contributed by atoms with Crippen LogP contribution in [0.4, 0.5) is 0 Å². The zero-order valence-corrected chi connectivity index (χ0v) is 45.2. The molecule has 3 aromatic carbocycles. The van der Waals surface area contributed by atoms with Gasteiger partial charge in [-0.15, -0.1) is 0 Å². The number of hydrogen-bond donors (Lipinski definition) is 3. The van der Waals surface area contributed by atoms with Crippen LogP contribution in [-0.2, 0) is 30.1 Å². The minimum Gasteiger partial charge on any atom is -0.313 e. The van der Waals surface area contributed by atoms with E-state index in [1.807, 2.05) is 83.1 Å². The van der Waals surface area contributed by atoms with Crippen molar-refractivity contribution in [3.05, 3.63) is 84.7 Å². The van der Waals surface area contributed by atoms with Crippen LogP contribution in [0, 0.1) is 0 Å². The van der Waals surface area contributed by atoms with Crippen molar-refractivity contribution < 1.29 is 25.3 Å². The molecule has 0 spiro atoms. The van der Waals surface area contributed by atoms with E-state index in [1.165, 1.54) is 67.5 Å². The number of halogens is 6. The van der Waals surface area contributed by atoms with Gasteiger partial charge < -0.3 is 16.0 Å². The van der Waals surface area contributed by atoms with Gasteiger partial charge >= 0.3 is 0 Å². The molecule has 63 heavy (non-hydrogen) atoms. The Morgan fingerprint density at radius 2 is 0.603 bits per heavy atom. The standard InChI is InChI=1S/3C14H22Cl2N2O2S/c3*1-10(2)17-7-8-18(11(3)4)21(19,20)14-6-5-12(15)9-13(14)16/h3*5-6,9-11,17H,7-8H2,1-4H3. The zero-order chi connectivity index (χ0) is 48.6. The maximum Gasteiger partial charge on any atom is 0.244 e. The van der Waals surface area contributed by atoms with Gasteiger partial charge in [0, 0.05) is 90.6 Å². The molecule has 360 valence electrons. The average Bonchev–Trinajstić information content (AvgIpc) is 3.12. The van der Waals surface area contributed by atoms with Gasteiger partial charge in [0.25, 0.3) is 0 Å². The van der Waals surface area contributed by atoms with Crippen molar-refractivity contribution in [1.29, 1.82) is 0 Å². The highest BCUT2D eigenvalue weighted by atomic mass is 35.5. The molecule has 0 bridgehead atoms. The number of benzene rings is 3. The fraction of sp³-hybridized carbons (Fsp3) is 0.571. The number of nitrogens with one attached hydrogen (secondary N) is 3. The topological polar surface area (TPSA) is 148 Å². The summed E-state index contributed by atoms with van der Waals surface area (Å²) in [5.41, 5.74) is 0. The van der Waals surface area contributed by atoms with Gasteiger partial charge in [0.2, 0.25) is 30.1 Å². The Balaban J connectivity index is 0.000000472. The predicted molar refractivity (Wildman–Crippen MR) is 266 cm³/mol. The summed E-state index contributed by atoms with van der Waals surface area (Å²) < 4.78 is 80.8. The number of sulfonamides is 3. The lowest BCUT2D eigenvalue weighted by molar-refractivity contribution is 0.346. The van der Waals surface area contributed by atoms with E-state index in [-0.39, 0.29) is 47.9 Å². The maximum atomic E-state index is 12.8. The Morgan fingerprint density at radius 3 is 0.762 bits per heavy atom. The first kappa shape index (κ1) is 60.0. The minimum absolute atomic E-state index is 0.0896. The van der Waals surface area contributed by atoms with Gasteiger partial charge in [-0.3, -0.25) is 0 Å². The van der Waals surface area contributed by atoms with Crippen molar-refractivity contribution >= 4 is 99.7 Å². The molecule has 3 aromatic rings. The second-order valence-corrected chi connectivity index (χ2v) is 24.3. The molecule has 0 aromatic heterocycles. The van der Waals surface area contributed by atoms with E-state index in [4.69, 9.17) is 69.6 Å². The molecule has 0 radical (unpaired) electrons. The molecule has 0 saturated carbocycles. The molecule has 0 fully saturated rings. The SMILES string of the molecule is CC(C)NCCN(C(C)C)S(=O)(=O)c1ccc(Cl)cc1Cl.CC(C)NCCN(C(C)C)S(=O)(=O)c1ccc(Cl)cc1Cl.CC(C)NCCN(C(C)C)S(=O)(=O)c1ccc(Cl)cc1Cl. The predicted octanol–water partition coefficient (Wildman–Crippen LogP) is 10.2. The Bertz CT molecular complexity index is 1970. The van der Waals surface area contributed by atoms with Gasteiger partial charge in [0.05, 0.1) is 15.1 Å². The summed E-state index contributed by atoms with van der Waals surface area (Å²) >= 11 is 35.6. The lowest BCUT2D eigenvalue weighted by Crippen LogP contribution is -2.42. The summed E-state index contributed by atoms with van der Waals surface area (Å²) in [5.74, 6) is 0. The smallest absolute Gasteiger partial charge is 0.244 e. The van der Waals surface area contributed by atoms with Gasteiger partial charge in [-0.2, -0.15) is 12.9 Å². The molecular formula is C42H66Cl6N6O6S3. The number of rotatable bonds is 21. The molecule has 0 aliphatic heterocycles. The zero-order valence-electron chi connectivity index (χ0n) is 38.2. The van der Waals surface area contributed by atoms with Crippen molar-refractivity contribution in [1.82, 2.24) is 28.9 Å². The lowest BCUT2D eigenvalue weighted by Gasteiger charge is -2.27. The largest absolute Gasteiger partial charge is 0.313 e. The molecule has 0 atom stereocenters. The normalized spacial score (nSPS) is 12.6. The van der Waals surface area contributed by atoms with Crippen LogP contribution in [0.15, 0.2) is 69.3 Å². The van der Waals surface area contributed by atoms with E-state index < -0.39 is 30.1 Å². The molecule has 0 amide bonds. The van der Waals surface area contributed by atoms with Crippen LogP contribution in [0.2, 0.25) is 30.1 Å². The first-order valence-corrected chi connectivity index (χ1v) is 27.2. The molecule has 21 heteroatoms. The van der Waals surface area contributed by atoms with Crippen molar-refractivity contribution in [2.75, 3.05) is 39.3 Å². The van der Waals surface area contributed by atoms with Crippen molar-refractivity contribution in [2.24, 2.45) is 0 Å². The first-order chi connectivity index (χ1) is 29.0. The summed E-state index contributed by atoms with van der Waals surface area (Å²) in [5, 5.41) is 11.3. The van der Waals surface area contributed by atoms with Crippen LogP contribution in [0.25, 0.3) is 0 Å². The Labute approximate surface area is 408 Å². The first-order valence-electron chi connectivity index (χ1n) is 20.6. The highest BCUT2D eigenvalue weighted by Crippen LogP contribution is 2.31. The molecule has 3 rings (SSSR count). The van der Waals surface area contributed by atoms with E-state index in [0.717, 1.165) is 0 Å². The van der Waals surface area contributed by atoms with E-state index >= 15 is 0 Å². The maximum absolute atomic E-state index is 12.8. The highest BCUT2D eigenvalue weighted by Gasteiger charge is 2.31. The summed E-state index contributed by atoms with van der Waals surface area (Å²) in [6, 6.07) is 13.7. The molecule has 0 heterocycles. The van der Waals surface area contributed by atoms with Crippen molar-refractivity contribution in [2.45, 2.75) is 134 Å². The molecular weight excluding hydrogens is 993 g/mol. The van der Waals surface area contributed by atoms with E-state index in [2.05, 4.69) is 16.0 Å². The minimum atomic E-state index is -3.64. The summed E-state index contributed by atoms with van der Waals surface area (Å²) in [6.45, 7) is 26.1. The van der Waals surface area contributed by atoms with Gasteiger partial charge in [-0.05, 0) is 96.1 Å². The number of nitrogens with zero attached hydrogens (tertiary/aromatic N) is 3. The van der Waals surface area contributed by atoms with Crippen molar-refractivity contribution in [3.63, 3.8) is 0 Å². The van der Waals surface area contributed by atoms with Gasteiger partial charge in [-0.25, -0.2) is 25.3 Å². The van der Waals surface area contributed by atoms with E-state index in [1.54, 1.807) is 0 Å². The molecule has 12 nitrogen and oxygen atoms in total. The fourth-order valence-electron chi connectivity index (χ4n) is 5.79. The Kier molecular flexibility index (Phi) is 26.4. The van der Waals surface area contributed by atoms with Crippen LogP contribution in [0.3, 0.4) is 0 Å². The van der Waals surface area contributed by atoms with Crippen LogP contribution in [0.1, 0.15) is 83.1 Å². The number of hydrogen-bond acceptors (Lipinski definition) is 9. The second-order valence-electron chi connectivity index (χ2n) is 16.2. The molecule has 0 aliphatic rings. The van der Waals surface area contributed by atoms with Crippen LogP contribution >= 0.6 is 69.6 Å². The van der Waals surface area contributed by atoms with E-state index in [9.17, 15) is 25.3 Å². The highest BCUT2D eigenvalue weighted by molar-refractivity contribution is 7.89. The van der Waals surface area contributed by atoms with Crippen LogP contribution in [-0.4, -0.2) is 114 Å². The van der Waals surface area contributed by atoms with Gasteiger partial charge in [0.1, 0.15) is 14.7 Å². The third-order valence-electron chi connectivity index (χ3n) is 8.82. The fourth-order valence-corrected chi connectivity index (χ4v) is 12.9. The van der Waals surface area contributed by atoms with Crippen LogP contribution in [0.5, 0.6) is 0 Å². The van der Waals surface area contributed by atoms with E-state index in [0.29, 0.717) is 72.5 Å². The molecule has 0 aliphatic carbocycles. The monoisotopic (exact) mass is 1060 g/mol. The van der Waals surface area contributed by atoms with Crippen LogP contribution < -0.4 is 16.0 Å². The summed E-state index contributed by atoms with van der Waals surface area (Å²) in [4.78, 5) is 0.269. The van der Waals surface area contributed by atoms with Gasteiger partial charge in [0.15, 0.2) is 0 Å². The third kappa shape index (κ3) is 19.6. The quantitative estimate of drug-likeness (QED) is 0.0948.